The number of alkyl halides is 3. The van der Waals surface area contributed by atoms with Gasteiger partial charge in [0.15, 0.2) is 5.69 Å². The summed E-state index contributed by atoms with van der Waals surface area (Å²) < 4.78 is 44.3. The van der Waals surface area contributed by atoms with Crippen LogP contribution in [0.25, 0.3) is 0 Å². The van der Waals surface area contributed by atoms with Crippen molar-refractivity contribution in [3.63, 3.8) is 0 Å². The third kappa shape index (κ3) is 6.11. The highest BCUT2D eigenvalue weighted by atomic mass is 19.4. The normalized spacial score (nSPS) is 16.8. The van der Waals surface area contributed by atoms with Gasteiger partial charge < -0.3 is 20.3 Å². The second-order valence-electron chi connectivity index (χ2n) is 8.12. The summed E-state index contributed by atoms with van der Waals surface area (Å²) in [4.78, 5) is 53.9. The number of carbonyl (C=O) groups excluding carboxylic acids is 2. The molecule has 10 nitrogen and oxygen atoms in total. The summed E-state index contributed by atoms with van der Waals surface area (Å²) in [5, 5.41) is 0. The molecule has 1 aliphatic rings. The molecular weight excluding hydrogens is 435 g/mol. The Morgan fingerprint density at radius 3 is 2.53 bits per heavy atom. The molecule has 0 aliphatic carbocycles. The molecule has 0 bridgehead atoms. The summed E-state index contributed by atoms with van der Waals surface area (Å²) in [6.07, 6.45) is -4.73. The third-order valence-corrected chi connectivity index (χ3v) is 4.96. The molecule has 1 unspecified atom stereocenters. The molecule has 1 aliphatic heterocycles. The predicted molar refractivity (Wildman–Crippen MR) is 110 cm³/mol. The van der Waals surface area contributed by atoms with Gasteiger partial charge in [-0.05, 0) is 12.3 Å². The fourth-order valence-corrected chi connectivity index (χ4v) is 3.61. The highest BCUT2D eigenvalue weighted by molar-refractivity contribution is 6.00. The number of rotatable bonds is 9. The first kappa shape index (κ1) is 25.4. The van der Waals surface area contributed by atoms with Gasteiger partial charge in [0.2, 0.25) is 11.8 Å². The lowest BCUT2D eigenvalue weighted by molar-refractivity contribution is -0.157. The van der Waals surface area contributed by atoms with E-state index in [4.69, 9.17) is 10.5 Å². The van der Waals surface area contributed by atoms with Gasteiger partial charge in [-0.15, -0.1) is 0 Å². The summed E-state index contributed by atoms with van der Waals surface area (Å²) >= 11 is 0. The van der Waals surface area contributed by atoms with Crippen molar-refractivity contribution in [1.29, 1.82) is 0 Å². The first-order valence-corrected chi connectivity index (χ1v) is 10.1. The van der Waals surface area contributed by atoms with Crippen LogP contribution in [-0.2, 0) is 20.9 Å². The van der Waals surface area contributed by atoms with E-state index in [0.29, 0.717) is 4.90 Å². The molecule has 0 radical (unpaired) electrons. The fourth-order valence-electron chi connectivity index (χ4n) is 3.61. The lowest BCUT2D eigenvalue weighted by atomic mass is 10.1. The molecule has 32 heavy (non-hydrogen) atoms. The molecule has 3 N–H and O–H groups in total. The van der Waals surface area contributed by atoms with Crippen molar-refractivity contribution in [3.8, 4) is 0 Å². The van der Waals surface area contributed by atoms with Gasteiger partial charge in [-0.2, -0.15) is 13.2 Å². The van der Waals surface area contributed by atoms with Gasteiger partial charge in [0.05, 0.1) is 5.92 Å². The number of ether oxygens (including phenoxy) is 1. The molecule has 1 aromatic heterocycles. The Labute approximate surface area is 182 Å². The highest BCUT2D eigenvalue weighted by Gasteiger charge is 2.42. The van der Waals surface area contributed by atoms with Crippen LogP contribution in [-0.4, -0.2) is 65.8 Å². The lowest BCUT2D eigenvalue weighted by Gasteiger charge is -2.27. The monoisotopic (exact) mass is 463 g/mol. The number of halogens is 3. The maximum Gasteiger partial charge on any atom is 0.406 e. The van der Waals surface area contributed by atoms with E-state index >= 15 is 0 Å². The van der Waals surface area contributed by atoms with E-state index in [2.05, 4.69) is 4.98 Å². The van der Waals surface area contributed by atoms with Gasteiger partial charge in [-0.25, -0.2) is 4.79 Å². The Morgan fingerprint density at radius 1 is 1.31 bits per heavy atom. The van der Waals surface area contributed by atoms with Gasteiger partial charge in [-0.3, -0.25) is 23.9 Å². The average Bonchev–Trinajstić information content (AvgIpc) is 3.02. The van der Waals surface area contributed by atoms with E-state index in [9.17, 15) is 32.3 Å². The average molecular weight is 463 g/mol. The molecule has 1 aromatic rings. The molecule has 2 rings (SSSR count). The number of likely N-dealkylation sites (tertiary alicyclic amines) is 1. The van der Waals surface area contributed by atoms with Crippen LogP contribution in [0.3, 0.4) is 0 Å². The molecule has 1 atom stereocenters. The van der Waals surface area contributed by atoms with Crippen molar-refractivity contribution < 1.29 is 27.5 Å². The zero-order chi connectivity index (χ0) is 24.2. The van der Waals surface area contributed by atoms with E-state index in [1.54, 1.807) is 0 Å². The maximum absolute atomic E-state index is 13.2. The first-order chi connectivity index (χ1) is 14.9. The van der Waals surface area contributed by atoms with Crippen LogP contribution >= 0.6 is 0 Å². The summed E-state index contributed by atoms with van der Waals surface area (Å²) in [7, 11) is 1.45. The molecule has 1 fully saturated rings. The molecular formula is C19H28F3N5O5. The Morgan fingerprint density at radius 2 is 1.97 bits per heavy atom. The van der Waals surface area contributed by atoms with Gasteiger partial charge in [-0.1, -0.05) is 13.8 Å². The van der Waals surface area contributed by atoms with Crippen LogP contribution < -0.4 is 21.9 Å². The molecule has 0 saturated carbocycles. The number of aromatic nitrogens is 2. The molecule has 180 valence electrons. The maximum atomic E-state index is 13.2. The van der Waals surface area contributed by atoms with Crippen molar-refractivity contribution >= 4 is 23.3 Å². The number of nitrogens with one attached hydrogen (secondary N) is 1. The van der Waals surface area contributed by atoms with E-state index in [-0.39, 0.29) is 43.5 Å². The third-order valence-electron chi connectivity index (χ3n) is 4.96. The molecule has 0 spiro atoms. The van der Waals surface area contributed by atoms with Gasteiger partial charge in [0.1, 0.15) is 12.4 Å². The number of methoxy groups -OCH3 is 1. The second kappa shape index (κ2) is 10.2. The van der Waals surface area contributed by atoms with Crippen molar-refractivity contribution in [2.75, 3.05) is 44.0 Å². The van der Waals surface area contributed by atoms with Crippen molar-refractivity contribution in [3.05, 3.63) is 20.8 Å². The first-order valence-electron chi connectivity index (χ1n) is 10.1. The number of amides is 2. The van der Waals surface area contributed by atoms with Gasteiger partial charge in [0, 0.05) is 39.8 Å². The number of nitrogens with zero attached hydrogens (tertiary/aromatic N) is 3. The number of nitrogen functional groups attached to an aromatic ring is 1. The Kier molecular flexibility index (Phi) is 8.10. The largest absolute Gasteiger partial charge is 0.406 e. The summed E-state index contributed by atoms with van der Waals surface area (Å²) in [6, 6.07) is 0. The number of aromatic amines is 1. The zero-order valence-corrected chi connectivity index (χ0v) is 18.2. The summed E-state index contributed by atoms with van der Waals surface area (Å²) in [6.45, 7) is 2.15. The summed E-state index contributed by atoms with van der Waals surface area (Å²) in [5.74, 6) is -2.84. The topological polar surface area (TPSA) is 131 Å². The van der Waals surface area contributed by atoms with Crippen LogP contribution in [0.1, 0.15) is 26.7 Å². The van der Waals surface area contributed by atoms with Gasteiger partial charge in [0.25, 0.3) is 5.56 Å². The molecule has 13 heteroatoms. The quantitative estimate of drug-likeness (QED) is 0.515. The number of carbonyl (C=O) groups is 2. The fraction of sp³-hybridized carbons (Fsp3) is 0.684. The van der Waals surface area contributed by atoms with Gasteiger partial charge >= 0.3 is 11.9 Å². The van der Waals surface area contributed by atoms with E-state index in [0.717, 1.165) is 9.47 Å². The van der Waals surface area contributed by atoms with Crippen LogP contribution in [0.2, 0.25) is 0 Å². The molecule has 0 aromatic carbocycles. The standard InChI is InChI=1S/C19H28F3N5O5/c1-11(2)8-27-15(23)14(16(29)24-18(27)31)26(5-4-6-32-3)17(30)12-7-13(28)25(9-12)10-19(20,21)22/h11-12H,4-10,23H2,1-3H3,(H,24,29,31). The van der Waals surface area contributed by atoms with Crippen molar-refractivity contribution in [1.82, 2.24) is 14.5 Å². The van der Waals surface area contributed by atoms with E-state index in [1.807, 2.05) is 13.8 Å². The number of hydrogen-bond acceptors (Lipinski definition) is 6. The SMILES string of the molecule is COCCCN(C(=O)C1CC(=O)N(CC(F)(F)F)C1)c1c(N)n(CC(C)C)c(=O)[nH]c1=O. The number of nitrogens with two attached hydrogens (primary N) is 1. The minimum Gasteiger partial charge on any atom is -0.385 e. The molecule has 1 saturated heterocycles. The zero-order valence-electron chi connectivity index (χ0n) is 18.2. The van der Waals surface area contributed by atoms with E-state index in [1.165, 1.54) is 7.11 Å². The number of H-pyrrole nitrogens is 1. The minimum absolute atomic E-state index is 0.00484. The Balaban J connectivity index is 2.43. The van der Waals surface area contributed by atoms with Crippen LogP contribution in [0.5, 0.6) is 0 Å². The van der Waals surface area contributed by atoms with E-state index < -0.39 is 54.7 Å². The minimum atomic E-state index is -4.60. The number of hydrogen-bond donors (Lipinski definition) is 2. The van der Waals surface area contributed by atoms with Crippen LogP contribution in [0.4, 0.5) is 24.7 Å². The molecule has 2 amide bonds. The Hall–Kier alpha value is -2.83. The predicted octanol–water partition coefficient (Wildman–Crippen LogP) is 0.555. The summed E-state index contributed by atoms with van der Waals surface area (Å²) in [5.41, 5.74) is 4.21. The smallest absolute Gasteiger partial charge is 0.385 e. The highest BCUT2D eigenvalue weighted by Crippen LogP contribution is 2.27. The van der Waals surface area contributed by atoms with Crippen molar-refractivity contribution in [2.45, 2.75) is 39.4 Å². The molecule has 2 heterocycles. The Bertz CT molecular complexity index is 956. The lowest BCUT2D eigenvalue weighted by Crippen LogP contribution is -2.45. The van der Waals surface area contributed by atoms with Crippen LogP contribution in [0.15, 0.2) is 9.59 Å². The second-order valence-corrected chi connectivity index (χ2v) is 8.12. The van der Waals surface area contributed by atoms with Crippen LogP contribution in [0, 0.1) is 11.8 Å². The van der Waals surface area contributed by atoms with Crippen molar-refractivity contribution in [2.24, 2.45) is 11.8 Å². The number of anilines is 2.